The van der Waals surface area contributed by atoms with Crippen molar-refractivity contribution in [1.82, 2.24) is 5.06 Å². The van der Waals surface area contributed by atoms with Crippen LogP contribution in [0.3, 0.4) is 0 Å². The molecule has 0 aliphatic carbocycles. The zero-order chi connectivity index (χ0) is 13.0. The Morgan fingerprint density at radius 1 is 1.50 bits per heavy atom. The van der Waals surface area contributed by atoms with Gasteiger partial charge in [0, 0.05) is 6.42 Å². The Kier molecular flexibility index (Phi) is 4.30. The number of hydrogen-bond acceptors (Lipinski definition) is 5. The molecule has 0 bridgehead atoms. The number of carbonyl (C=O) groups is 1. The lowest BCUT2D eigenvalue weighted by Gasteiger charge is -2.20. The molecule has 1 aromatic carbocycles. The third kappa shape index (κ3) is 3.07. The summed E-state index contributed by atoms with van der Waals surface area (Å²) in [6, 6.07) is 9.10. The van der Waals surface area contributed by atoms with Crippen LogP contribution >= 0.6 is 0 Å². The van der Waals surface area contributed by atoms with Gasteiger partial charge in [-0.15, -0.1) is 0 Å². The van der Waals surface area contributed by atoms with E-state index in [0.29, 0.717) is 13.2 Å². The number of aliphatic hydroxyl groups is 1. The van der Waals surface area contributed by atoms with Gasteiger partial charge in [0.05, 0.1) is 13.2 Å². The van der Waals surface area contributed by atoms with Crippen LogP contribution in [-0.2, 0) is 20.9 Å². The maximum absolute atomic E-state index is 11.7. The van der Waals surface area contributed by atoms with Gasteiger partial charge in [0.25, 0.3) is 0 Å². The van der Waals surface area contributed by atoms with E-state index in [1.165, 1.54) is 5.06 Å². The average molecular weight is 251 g/mol. The summed E-state index contributed by atoms with van der Waals surface area (Å²) < 4.78 is 4.97. The van der Waals surface area contributed by atoms with Crippen LogP contribution in [0, 0.1) is 0 Å². The largest absolute Gasteiger partial charge is 0.465 e. The van der Waals surface area contributed by atoms with Gasteiger partial charge in [0.2, 0.25) is 0 Å². The standard InChI is InChI=1S/C13H17NO4/c1-2-17-13(16)11-8-12(15)18-14(11)9-10-6-4-3-5-7-10/h3-7,11-12,15H,2,8-9H2,1H3. The Morgan fingerprint density at radius 3 is 2.89 bits per heavy atom. The Morgan fingerprint density at radius 2 is 2.22 bits per heavy atom. The molecule has 0 amide bonds. The normalized spacial score (nSPS) is 24.1. The van der Waals surface area contributed by atoms with Crippen molar-refractivity contribution in [3.63, 3.8) is 0 Å². The van der Waals surface area contributed by atoms with Crippen LogP contribution in [0.5, 0.6) is 0 Å². The average Bonchev–Trinajstić information content (AvgIpc) is 2.72. The molecule has 0 spiro atoms. The summed E-state index contributed by atoms with van der Waals surface area (Å²) in [7, 11) is 0. The molecular weight excluding hydrogens is 234 g/mol. The van der Waals surface area contributed by atoms with E-state index in [1.807, 2.05) is 30.3 Å². The predicted octanol–water partition coefficient (Wildman–Crippen LogP) is 1.07. The fourth-order valence-electron chi connectivity index (χ4n) is 1.94. The third-order valence-electron chi connectivity index (χ3n) is 2.77. The number of ether oxygens (including phenoxy) is 1. The van der Waals surface area contributed by atoms with Gasteiger partial charge in [0.15, 0.2) is 6.29 Å². The second-order valence-corrected chi connectivity index (χ2v) is 4.12. The lowest BCUT2D eigenvalue weighted by molar-refractivity contribution is -0.229. The van der Waals surface area contributed by atoms with Gasteiger partial charge >= 0.3 is 5.97 Å². The quantitative estimate of drug-likeness (QED) is 0.811. The summed E-state index contributed by atoms with van der Waals surface area (Å²) in [5.74, 6) is -0.356. The van der Waals surface area contributed by atoms with Gasteiger partial charge < -0.3 is 9.84 Å². The first-order valence-corrected chi connectivity index (χ1v) is 6.02. The molecule has 1 heterocycles. The van der Waals surface area contributed by atoms with Gasteiger partial charge in [-0.2, -0.15) is 5.06 Å². The maximum Gasteiger partial charge on any atom is 0.325 e. The van der Waals surface area contributed by atoms with Crippen LogP contribution < -0.4 is 0 Å². The first-order chi connectivity index (χ1) is 8.70. The minimum Gasteiger partial charge on any atom is -0.465 e. The number of hydroxylamine groups is 2. The summed E-state index contributed by atoms with van der Waals surface area (Å²) in [6.07, 6.45) is -0.700. The molecule has 18 heavy (non-hydrogen) atoms. The fourth-order valence-corrected chi connectivity index (χ4v) is 1.94. The van der Waals surface area contributed by atoms with E-state index in [4.69, 9.17) is 9.57 Å². The second-order valence-electron chi connectivity index (χ2n) is 4.12. The predicted molar refractivity (Wildman–Crippen MR) is 64.1 cm³/mol. The van der Waals surface area contributed by atoms with Gasteiger partial charge in [0.1, 0.15) is 6.04 Å². The van der Waals surface area contributed by atoms with Gasteiger partial charge in [-0.05, 0) is 12.5 Å². The van der Waals surface area contributed by atoms with Crippen LogP contribution in [-0.4, -0.2) is 35.1 Å². The molecule has 2 atom stereocenters. The van der Waals surface area contributed by atoms with Crippen molar-refractivity contribution in [3.05, 3.63) is 35.9 Å². The molecule has 0 radical (unpaired) electrons. The molecule has 1 saturated heterocycles. The number of carbonyl (C=O) groups excluding carboxylic acids is 1. The molecule has 0 saturated carbocycles. The number of hydrogen-bond donors (Lipinski definition) is 1. The molecule has 1 aliphatic rings. The van der Waals surface area contributed by atoms with E-state index >= 15 is 0 Å². The van der Waals surface area contributed by atoms with Crippen molar-refractivity contribution in [3.8, 4) is 0 Å². The molecule has 5 nitrogen and oxygen atoms in total. The van der Waals surface area contributed by atoms with E-state index in [0.717, 1.165) is 5.56 Å². The van der Waals surface area contributed by atoms with Crippen LogP contribution in [0.1, 0.15) is 18.9 Å². The van der Waals surface area contributed by atoms with Gasteiger partial charge in [-0.25, -0.2) is 0 Å². The summed E-state index contributed by atoms with van der Waals surface area (Å²) in [6.45, 7) is 2.53. The highest BCUT2D eigenvalue weighted by atomic mass is 16.8. The van der Waals surface area contributed by atoms with Crippen LogP contribution in [0.2, 0.25) is 0 Å². The van der Waals surface area contributed by atoms with E-state index in [9.17, 15) is 9.90 Å². The molecule has 1 aliphatic heterocycles. The summed E-state index contributed by atoms with van der Waals surface area (Å²) in [4.78, 5) is 17.0. The first-order valence-electron chi connectivity index (χ1n) is 6.02. The highest BCUT2D eigenvalue weighted by molar-refractivity contribution is 5.75. The van der Waals surface area contributed by atoms with E-state index in [2.05, 4.69) is 0 Å². The molecule has 0 aromatic heterocycles. The number of benzene rings is 1. The van der Waals surface area contributed by atoms with Crippen molar-refractivity contribution in [2.24, 2.45) is 0 Å². The van der Waals surface area contributed by atoms with E-state index < -0.39 is 12.3 Å². The van der Waals surface area contributed by atoms with Gasteiger partial charge in [-0.1, -0.05) is 30.3 Å². The Balaban J connectivity index is 2.03. The van der Waals surface area contributed by atoms with Crippen molar-refractivity contribution >= 4 is 5.97 Å². The smallest absolute Gasteiger partial charge is 0.325 e. The highest BCUT2D eigenvalue weighted by Crippen LogP contribution is 2.23. The monoisotopic (exact) mass is 251 g/mol. The topological polar surface area (TPSA) is 59.0 Å². The van der Waals surface area contributed by atoms with Crippen LogP contribution in [0.15, 0.2) is 30.3 Å². The summed E-state index contributed by atoms with van der Waals surface area (Å²) in [5.41, 5.74) is 1.01. The zero-order valence-electron chi connectivity index (χ0n) is 10.3. The second kappa shape index (κ2) is 5.95. The van der Waals surface area contributed by atoms with Crippen molar-refractivity contribution in [1.29, 1.82) is 0 Å². The first kappa shape index (κ1) is 13.0. The van der Waals surface area contributed by atoms with Crippen molar-refractivity contribution < 1.29 is 19.5 Å². The third-order valence-corrected chi connectivity index (χ3v) is 2.77. The van der Waals surface area contributed by atoms with Crippen molar-refractivity contribution in [2.45, 2.75) is 32.2 Å². The molecule has 98 valence electrons. The number of aliphatic hydroxyl groups excluding tert-OH is 1. The summed E-state index contributed by atoms with van der Waals surface area (Å²) >= 11 is 0. The van der Waals surface area contributed by atoms with Gasteiger partial charge in [-0.3, -0.25) is 9.63 Å². The SMILES string of the molecule is CCOC(=O)C1CC(O)ON1Cc1ccccc1. The van der Waals surface area contributed by atoms with Crippen LogP contribution in [0.4, 0.5) is 0 Å². The number of rotatable bonds is 4. The Hall–Kier alpha value is -1.43. The fraction of sp³-hybridized carbons (Fsp3) is 0.462. The zero-order valence-corrected chi connectivity index (χ0v) is 10.3. The Bertz CT molecular complexity index is 395. The molecule has 1 aromatic rings. The molecule has 2 unspecified atom stereocenters. The maximum atomic E-state index is 11.7. The molecule has 1 N–H and O–H groups in total. The minimum absolute atomic E-state index is 0.242. The lowest BCUT2D eigenvalue weighted by Crippen LogP contribution is -2.36. The van der Waals surface area contributed by atoms with Crippen molar-refractivity contribution in [2.75, 3.05) is 6.61 Å². The molecule has 1 fully saturated rings. The van der Waals surface area contributed by atoms with E-state index in [1.54, 1.807) is 6.92 Å². The number of esters is 1. The highest BCUT2D eigenvalue weighted by Gasteiger charge is 2.38. The van der Waals surface area contributed by atoms with E-state index in [-0.39, 0.29) is 12.4 Å². The molecule has 5 heteroatoms. The lowest BCUT2D eigenvalue weighted by atomic mass is 10.2. The molecular formula is C13H17NO4. The summed E-state index contributed by atoms with van der Waals surface area (Å²) in [5, 5.41) is 11.0. The number of nitrogens with zero attached hydrogens (tertiary/aromatic N) is 1. The molecule has 2 rings (SSSR count). The Labute approximate surface area is 106 Å². The minimum atomic E-state index is -0.942. The van der Waals surface area contributed by atoms with Crippen LogP contribution in [0.25, 0.3) is 0 Å².